The maximum absolute atomic E-state index is 12.7. The minimum Gasteiger partial charge on any atom is -0.497 e. The second kappa shape index (κ2) is 8.86. The van der Waals surface area contributed by atoms with Crippen LogP contribution in [0.15, 0.2) is 59.8 Å². The van der Waals surface area contributed by atoms with Crippen LogP contribution in [-0.2, 0) is 13.0 Å². The van der Waals surface area contributed by atoms with Crippen LogP contribution in [0.2, 0.25) is 0 Å². The van der Waals surface area contributed by atoms with Crippen LogP contribution in [0.25, 0.3) is 0 Å². The van der Waals surface area contributed by atoms with E-state index in [0.29, 0.717) is 5.56 Å². The van der Waals surface area contributed by atoms with Gasteiger partial charge in [-0.15, -0.1) is 10.2 Å². The van der Waals surface area contributed by atoms with Gasteiger partial charge >= 0.3 is 0 Å². The van der Waals surface area contributed by atoms with Crippen LogP contribution < -0.4 is 4.74 Å². The fourth-order valence-corrected chi connectivity index (χ4v) is 3.84. The number of ketones is 1. The molecule has 0 bridgehead atoms. The lowest BCUT2D eigenvalue weighted by Crippen LogP contribution is -2.15. The van der Waals surface area contributed by atoms with Crippen LogP contribution in [0, 0.1) is 0 Å². The Kier molecular flexibility index (Phi) is 6.29. The molecule has 140 valence electrons. The fraction of sp³-hybridized carbons (Fsp3) is 0.286. The summed E-state index contributed by atoms with van der Waals surface area (Å²) in [5.41, 5.74) is 1.86. The Morgan fingerprint density at radius 1 is 1.11 bits per heavy atom. The molecule has 0 spiro atoms. The number of ether oxygens (including phenoxy) is 1. The van der Waals surface area contributed by atoms with Crippen LogP contribution in [0.3, 0.4) is 0 Å². The van der Waals surface area contributed by atoms with Gasteiger partial charge in [0.1, 0.15) is 11.6 Å². The van der Waals surface area contributed by atoms with E-state index in [2.05, 4.69) is 33.8 Å². The van der Waals surface area contributed by atoms with E-state index < -0.39 is 0 Å². The smallest absolute Gasteiger partial charge is 0.191 e. The van der Waals surface area contributed by atoms with Gasteiger partial charge in [0.05, 0.1) is 12.4 Å². The van der Waals surface area contributed by atoms with Crippen molar-refractivity contribution in [3.8, 4) is 5.75 Å². The third kappa shape index (κ3) is 4.57. The number of methoxy groups -OCH3 is 1. The Morgan fingerprint density at radius 3 is 2.44 bits per heavy atom. The van der Waals surface area contributed by atoms with Gasteiger partial charge in [0, 0.05) is 18.5 Å². The molecule has 0 aliphatic carbocycles. The van der Waals surface area contributed by atoms with E-state index in [9.17, 15) is 4.79 Å². The lowest BCUT2D eigenvalue weighted by molar-refractivity contribution is 0.0994. The van der Waals surface area contributed by atoms with Gasteiger partial charge in [-0.05, 0) is 43.7 Å². The molecule has 6 heteroatoms. The molecule has 0 amide bonds. The number of benzene rings is 2. The van der Waals surface area contributed by atoms with Gasteiger partial charge in [-0.2, -0.15) is 0 Å². The molecule has 1 unspecified atom stereocenters. The molecule has 0 saturated heterocycles. The summed E-state index contributed by atoms with van der Waals surface area (Å²) in [6.07, 6.45) is 0.725. The zero-order valence-corrected chi connectivity index (χ0v) is 16.6. The summed E-state index contributed by atoms with van der Waals surface area (Å²) >= 11 is 1.45. The molecule has 0 aliphatic heterocycles. The third-order valence-electron chi connectivity index (χ3n) is 4.34. The average molecular weight is 382 g/mol. The van der Waals surface area contributed by atoms with Crippen molar-refractivity contribution in [3.63, 3.8) is 0 Å². The van der Waals surface area contributed by atoms with Crippen LogP contribution in [0.5, 0.6) is 5.75 Å². The van der Waals surface area contributed by atoms with Crippen molar-refractivity contribution in [1.29, 1.82) is 0 Å². The van der Waals surface area contributed by atoms with Crippen LogP contribution in [0.1, 0.15) is 35.6 Å². The molecule has 27 heavy (non-hydrogen) atoms. The quantitative estimate of drug-likeness (QED) is 0.431. The maximum Gasteiger partial charge on any atom is 0.191 e. The Bertz CT molecular complexity index is 892. The summed E-state index contributed by atoms with van der Waals surface area (Å²) in [6.45, 7) is 4.74. The van der Waals surface area contributed by atoms with Crippen molar-refractivity contribution in [1.82, 2.24) is 14.8 Å². The zero-order valence-electron chi connectivity index (χ0n) is 15.8. The Hall–Kier alpha value is -2.60. The Labute approximate surface area is 163 Å². The molecule has 5 nitrogen and oxygen atoms in total. The van der Waals surface area contributed by atoms with Crippen molar-refractivity contribution in [2.75, 3.05) is 7.11 Å². The number of carbonyl (C=O) groups excluding carboxylic acids is 1. The van der Waals surface area contributed by atoms with E-state index in [4.69, 9.17) is 4.74 Å². The molecule has 1 aromatic heterocycles. The zero-order chi connectivity index (χ0) is 19.2. The Balaban J connectivity index is 1.73. The SMILES string of the molecule is CCn1c(Cc2ccccc2)nnc1SC(C)C(=O)c1ccc(OC)cc1. The molecule has 2 aromatic carbocycles. The van der Waals surface area contributed by atoms with Crippen LogP contribution in [-0.4, -0.2) is 32.9 Å². The van der Waals surface area contributed by atoms with Gasteiger partial charge < -0.3 is 9.30 Å². The van der Waals surface area contributed by atoms with Crippen molar-refractivity contribution < 1.29 is 9.53 Å². The lowest BCUT2D eigenvalue weighted by Gasteiger charge is -2.12. The average Bonchev–Trinajstić information content (AvgIpc) is 3.09. The molecule has 0 radical (unpaired) electrons. The normalized spacial score (nSPS) is 12.0. The number of thioether (sulfide) groups is 1. The highest BCUT2D eigenvalue weighted by Crippen LogP contribution is 2.26. The number of hydrogen-bond acceptors (Lipinski definition) is 5. The van der Waals surface area contributed by atoms with Gasteiger partial charge in [0.15, 0.2) is 10.9 Å². The summed E-state index contributed by atoms with van der Waals surface area (Å²) in [6, 6.07) is 17.4. The van der Waals surface area contributed by atoms with Crippen molar-refractivity contribution >= 4 is 17.5 Å². The highest BCUT2D eigenvalue weighted by molar-refractivity contribution is 8.00. The van der Waals surface area contributed by atoms with Crippen molar-refractivity contribution in [2.45, 2.75) is 37.2 Å². The standard InChI is InChI=1S/C21H23N3O2S/c1-4-24-19(14-16-8-6-5-7-9-16)22-23-21(24)27-15(2)20(25)17-10-12-18(26-3)13-11-17/h5-13,15H,4,14H2,1-3H3. The van der Waals surface area contributed by atoms with Crippen LogP contribution in [0.4, 0.5) is 0 Å². The summed E-state index contributed by atoms with van der Waals surface area (Å²) < 4.78 is 7.23. The molecule has 3 rings (SSSR count). The molecule has 0 N–H and O–H groups in total. The highest BCUT2D eigenvalue weighted by atomic mass is 32.2. The molecule has 0 fully saturated rings. The summed E-state index contributed by atoms with van der Waals surface area (Å²) in [7, 11) is 1.61. The number of nitrogens with zero attached hydrogens (tertiary/aromatic N) is 3. The number of Topliss-reactive ketones (excluding diaryl/α,β-unsaturated/α-hetero) is 1. The van der Waals surface area contributed by atoms with Crippen molar-refractivity contribution in [2.24, 2.45) is 0 Å². The van der Waals surface area contributed by atoms with Crippen LogP contribution >= 0.6 is 11.8 Å². The highest BCUT2D eigenvalue weighted by Gasteiger charge is 2.21. The third-order valence-corrected chi connectivity index (χ3v) is 5.42. The minimum atomic E-state index is -0.252. The maximum atomic E-state index is 12.7. The van der Waals surface area contributed by atoms with E-state index in [0.717, 1.165) is 29.7 Å². The molecule has 1 heterocycles. The molecule has 0 saturated carbocycles. The summed E-state index contributed by atoms with van der Waals surface area (Å²) in [4.78, 5) is 12.7. The number of carbonyl (C=O) groups is 1. The first-order chi connectivity index (χ1) is 13.1. The van der Waals surface area contributed by atoms with Gasteiger partial charge in [-0.1, -0.05) is 42.1 Å². The molecule has 3 aromatic rings. The van der Waals surface area contributed by atoms with Gasteiger partial charge in [0.2, 0.25) is 0 Å². The van der Waals surface area contributed by atoms with Gasteiger partial charge in [-0.3, -0.25) is 4.79 Å². The molecular weight excluding hydrogens is 358 g/mol. The first kappa shape index (κ1) is 19.2. The number of hydrogen-bond donors (Lipinski definition) is 0. The fourth-order valence-electron chi connectivity index (χ4n) is 2.83. The molecular formula is C21H23N3O2S. The number of aromatic nitrogens is 3. The van der Waals surface area contributed by atoms with E-state index in [1.165, 1.54) is 17.3 Å². The first-order valence-electron chi connectivity index (χ1n) is 8.93. The summed E-state index contributed by atoms with van der Waals surface area (Å²) in [5, 5.41) is 9.21. The largest absolute Gasteiger partial charge is 0.497 e. The van der Waals surface area contributed by atoms with Gasteiger partial charge in [0.25, 0.3) is 0 Å². The second-order valence-corrected chi connectivity index (χ2v) is 7.47. The first-order valence-corrected chi connectivity index (χ1v) is 9.81. The van der Waals surface area contributed by atoms with E-state index in [-0.39, 0.29) is 11.0 Å². The summed E-state index contributed by atoms with van der Waals surface area (Å²) in [5.74, 6) is 1.72. The predicted molar refractivity (Wildman–Crippen MR) is 108 cm³/mol. The molecule has 1 atom stereocenters. The number of rotatable bonds is 8. The molecule has 0 aliphatic rings. The second-order valence-electron chi connectivity index (χ2n) is 6.16. The van der Waals surface area contributed by atoms with E-state index >= 15 is 0 Å². The lowest BCUT2D eigenvalue weighted by atomic mass is 10.1. The minimum absolute atomic E-state index is 0.0675. The van der Waals surface area contributed by atoms with Gasteiger partial charge in [-0.25, -0.2) is 0 Å². The van der Waals surface area contributed by atoms with E-state index in [1.807, 2.05) is 25.1 Å². The monoisotopic (exact) mass is 381 g/mol. The topological polar surface area (TPSA) is 57.0 Å². The Morgan fingerprint density at radius 2 is 1.81 bits per heavy atom. The van der Waals surface area contributed by atoms with E-state index in [1.54, 1.807) is 31.4 Å². The van der Waals surface area contributed by atoms with Crippen molar-refractivity contribution in [3.05, 3.63) is 71.5 Å². The predicted octanol–water partition coefficient (Wildman–Crippen LogP) is 4.26.